The van der Waals surface area contributed by atoms with E-state index in [0.29, 0.717) is 12.3 Å². The standard InChI is InChI=1S/C7H13NO/c1-5(9)4-7(8)6-2-3-6/h6-7H,2-4,8H2,1H3. The Hall–Kier alpha value is -0.370. The summed E-state index contributed by atoms with van der Waals surface area (Å²) < 4.78 is 0. The fourth-order valence-corrected chi connectivity index (χ4v) is 1.02. The van der Waals surface area contributed by atoms with Crippen LogP contribution in [0.2, 0.25) is 0 Å². The van der Waals surface area contributed by atoms with Gasteiger partial charge in [-0.25, -0.2) is 0 Å². The highest BCUT2D eigenvalue weighted by Gasteiger charge is 2.28. The molecule has 52 valence electrons. The first kappa shape index (κ1) is 6.75. The summed E-state index contributed by atoms with van der Waals surface area (Å²) in [6.07, 6.45) is 3.04. The first-order chi connectivity index (χ1) is 4.20. The third-order valence-corrected chi connectivity index (χ3v) is 1.75. The van der Waals surface area contributed by atoms with Gasteiger partial charge in [0.2, 0.25) is 0 Å². The SMILES string of the molecule is CC(=O)CC(N)C1CC1. The molecule has 1 aliphatic rings. The van der Waals surface area contributed by atoms with Gasteiger partial charge < -0.3 is 5.73 Å². The number of nitrogens with two attached hydrogens (primary N) is 1. The van der Waals surface area contributed by atoms with E-state index in [1.54, 1.807) is 6.92 Å². The van der Waals surface area contributed by atoms with E-state index in [0.717, 1.165) is 0 Å². The zero-order valence-corrected chi connectivity index (χ0v) is 5.76. The van der Waals surface area contributed by atoms with Gasteiger partial charge in [0.05, 0.1) is 0 Å². The second-order valence-electron chi connectivity index (χ2n) is 2.91. The van der Waals surface area contributed by atoms with Crippen molar-refractivity contribution in [3.05, 3.63) is 0 Å². The molecule has 1 unspecified atom stereocenters. The van der Waals surface area contributed by atoms with Crippen molar-refractivity contribution in [3.63, 3.8) is 0 Å². The molecule has 2 N–H and O–H groups in total. The second-order valence-corrected chi connectivity index (χ2v) is 2.91. The summed E-state index contributed by atoms with van der Waals surface area (Å²) in [5, 5.41) is 0. The summed E-state index contributed by atoms with van der Waals surface area (Å²) in [5.41, 5.74) is 5.66. The fraction of sp³-hybridized carbons (Fsp3) is 0.857. The summed E-state index contributed by atoms with van der Waals surface area (Å²) in [5.74, 6) is 0.878. The summed E-state index contributed by atoms with van der Waals surface area (Å²) >= 11 is 0. The fourth-order valence-electron chi connectivity index (χ4n) is 1.02. The Morgan fingerprint density at radius 1 is 1.78 bits per heavy atom. The van der Waals surface area contributed by atoms with Gasteiger partial charge in [0, 0.05) is 12.5 Å². The van der Waals surface area contributed by atoms with Crippen molar-refractivity contribution >= 4 is 5.78 Å². The van der Waals surface area contributed by atoms with Gasteiger partial charge in [0.1, 0.15) is 5.78 Å². The minimum absolute atomic E-state index is 0.155. The Morgan fingerprint density at radius 3 is 2.67 bits per heavy atom. The maximum Gasteiger partial charge on any atom is 0.131 e. The second kappa shape index (κ2) is 2.48. The highest BCUT2D eigenvalue weighted by Crippen LogP contribution is 2.32. The van der Waals surface area contributed by atoms with Gasteiger partial charge in [-0.2, -0.15) is 0 Å². The van der Waals surface area contributed by atoms with Crippen LogP contribution in [-0.4, -0.2) is 11.8 Å². The molecule has 0 aromatic heterocycles. The van der Waals surface area contributed by atoms with Gasteiger partial charge in [-0.15, -0.1) is 0 Å². The van der Waals surface area contributed by atoms with Crippen LogP contribution in [0.4, 0.5) is 0 Å². The maximum absolute atomic E-state index is 10.5. The number of rotatable bonds is 3. The predicted molar refractivity (Wildman–Crippen MR) is 36.0 cm³/mol. The maximum atomic E-state index is 10.5. The van der Waals surface area contributed by atoms with Gasteiger partial charge in [0.15, 0.2) is 0 Å². The Morgan fingerprint density at radius 2 is 2.33 bits per heavy atom. The van der Waals surface area contributed by atoms with Crippen LogP contribution in [0.5, 0.6) is 0 Å². The lowest BCUT2D eigenvalue weighted by Gasteiger charge is -2.04. The first-order valence-electron chi connectivity index (χ1n) is 3.45. The van der Waals surface area contributed by atoms with Crippen molar-refractivity contribution < 1.29 is 4.79 Å². The third kappa shape index (κ3) is 2.14. The Bertz CT molecular complexity index is 118. The van der Waals surface area contributed by atoms with E-state index in [4.69, 9.17) is 5.73 Å². The van der Waals surface area contributed by atoms with Crippen LogP contribution in [0.1, 0.15) is 26.2 Å². The number of carbonyl (C=O) groups excluding carboxylic acids is 1. The highest BCUT2D eigenvalue weighted by atomic mass is 16.1. The monoisotopic (exact) mass is 127 g/mol. The largest absolute Gasteiger partial charge is 0.327 e. The molecule has 0 aliphatic heterocycles. The molecule has 1 fully saturated rings. The normalized spacial score (nSPS) is 21.6. The topological polar surface area (TPSA) is 43.1 Å². The van der Waals surface area contributed by atoms with Crippen LogP contribution in [0, 0.1) is 5.92 Å². The van der Waals surface area contributed by atoms with Gasteiger partial charge in [0.25, 0.3) is 0 Å². The van der Waals surface area contributed by atoms with Crippen molar-refractivity contribution in [2.24, 2.45) is 11.7 Å². The molecular weight excluding hydrogens is 114 g/mol. The van der Waals surface area contributed by atoms with Crippen LogP contribution in [0.25, 0.3) is 0 Å². The third-order valence-electron chi connectivity index (χ3n) is 1.75. The number of Topliss-reactive ketones (excluding diaryl/α,β-unsaturated/α-hetero) is 1. The molecule has 0 bridgehead atoms. The lowest BCUT2D eigenvalue weighted by Crippen LogP contribution is -2.24. The molecule has 0 radical (unpaired) electrons. The zero-order valence-electron chi connectivity index (χ0n) is 5.76. The Balaban J connectivity index is 2.17. The van der Waals surface area contributed by atoms with Gasteiger partial charge in [-0.3, -0.25) is 4.79 Å². The Kier molecular flexibility index (Phi) is 1.86. The molecule has 0 amide bonds. The lowest BCUT2D eigenvalue weighted by molar-refractivity contribution is -0.117. The molecule has 2 heteroatoms. The van der Waals surface area contributed by atoms with E-state index < -0.39 is 0 Å². The van der Waals surface area contributed by atoms with Gasteiger partial charge >= 0.3 is 0 Å². The summed E-state index contributed by atoms with van der Waals surface area (Å²) in [6.45, 7) is 1.60. The minimum atomic E-state index is 0.155. The highest BCUT2D eigenvalue weighted by molar-refractivity contribution is 5.76. The molecule has 0 aromatic rings. The smallest absolute Gasteiger partial charge is 0.131 e. The van der Waals surface area contributed by atoms with Crippen LogP contribution in [-0.2, 0) is 4.79 Å². The molecule has 0 aromatic carbocycles. The quantitative estimate of drug-likeness (QED) is 0.606. The molecule has 1 rings (SSSR count). The molecule has 1 saturated carbocycles. The van der Waals surface area contributed by atoms with Crippen molar-refractivity contribution in [2.75, 3.05) is 0 Å². The zero-order chi connectivity index (χ0) is 6.85. The van der Waals surface area contributed by atoms with Crippen LogP contribution < -0.4 is 5.73 Å². The van der Waals surface area contributed by atoms with Crippen molar-refractivity contribution in [3.8, 4) is 0 Å². The number of hydrogen-bond donors (Lipinski definition) is 1. The van der Waals surface area contributed by atoms with E-state index in [1.807, 2.05) is 0 Å². The van der Waals surface area contributed by atoms with Crippen molar-refractivity contribution in [2.45, 2.75) is 32.2 Å². The summed E-state index contributed by atoms with van der Waals surface area (Å²) in [6, 6.07) is 0.155. The van der Waals surface area contributed by atoms with Crippen LogP contribution in [0.15, 0.2) is 0 Å². The molecule has 9 heavy (non-hydrogen) atoms. The number of carbonyl (C=O) groups is 1. The summed E-state index contributed by atoms with van der Waals surface area (Å²) in [4.78, 5) is 10.5. The van der Waals surface area contributed by atoms with E-state index in [-0.39, 0.29) is 11.8 Å². The minimum Gasteiger partial charge on any atom is -0.327 e. The molecule has 0 saturated heterocycles. The molecule has 2 nitrogen and oxygen atoms in total. The van der Waals surface area contributed by atoms with Gasteiger partial charge in [-0.1, -0.05) is 0 Å². The molecule has 0 heterocycles. The van der Waals surface area contributed by atoms with E-state index in [9.17, 15) is 4.79 Å². The predicted octanol–water partition coefficient (Wildman–Crippen LogP) is 0.703. The summed E-state index contributed by atoms with van der Waals surface area (Å²) in [7, 11) is 0. The molecular formula is C7H13NO. The van der Waals surface area contributed by atoms with Crippen molar-refractivity contribution in [1.82, 2.24) is 0 Å². The van der Waals surface area contributed by atoms with E-state index >= 15 is 0 Å². The molecule has 0 spiro atoms. The molecule has 1 atom stereocenters. The van der Waals surface area contributed by atoms with Crippen LogP contribution in [0.3, 0.4) is 0 Å². The Labute approximate surface area is 55.4 Å². The first-order valence-corrected chi connectivity index (χ1v) is 3.45. The van der Waals surface area contributed by atoms with Crippen molar-refractivity contribution in [1.29, 1.82) is 0 Å². The van der Waals surface area contributed by atoms with E-state index in [1.165, 1.54) is 12.8 Å². The van der Waals surface area contributed by atoms with Gasteiger partial charge in [-0.05, 0) is 25.7 Å². The average molecular weight is 127 g/mol. The average Bonchev–Trinajstić information content (AvgIpc) is 2.40. The number of ketones is 1. The number of hydrogen-bond acceptors (Lipinski definition) is 2. The lowest BCUT2D eigenvalue weighted by atomic mass is 10.1. The molecule has 1 aliphatic carbocycles. The van der Waals surface area contributed by atoms with E-state index in [2.05, 4.69) is 0 Å². The van der Waals surface area contributed by atoms with Crippen LogP contribution >= 0.6 is 0 Å².